The molecule has 2 aromatic rings. The van der Waals surface area contributed by atoms with Crippen molar-refractivity contribution in [3.05, 3.63) is 63.4 Å². The molecule has 0 amide bonds. The fraction of sp³-hybridized carbons (Fsp3) is 0.0714. The van der Waals surface area contributed by atoms with E-state index in [9.17, 15) is 9.18 Å². The Morgan fingerprint density at radius 2 is 1.89 bits per heavy atom. The molecule has 0 spiro atoms. The summed E-state index contributed by atoms with van der Waals surface area (Å²) in [5.74, 6) is -0.972. The van der Waals surface area contributed by atoms with Crippen molar-refractivity contribution < 1.29 is 13.9 Å². The SMILES string of the molecule is COc1cccc(F)c1C(=O)c1ccc(Cl)c(Cl)c1. The van der Waals surface area contributed by atoms with Crippen molar-refractivity contribution in [1.82, 2.24) is 0 Å². The monoisotopic (exact) mass is 298 g/mol. The average Bonchev–Trinajstić information content (AvgIpc) is 2.40. The molecule has 98 valence electrons. The van der Waals surface area contributed by atoms with Gasteiger partial charge in [0.2, 0.25) is 0 Å². The normalized spacial score (nSPS) is 10.3. The molecule has 2 nitrogen and oxygen atoms in total. The molecule has 0 aliphatic rings. The van der Waals surface area contributed by atoms with Crippen LogP contribution in [0.15, 0.2) is 36.4 Å². The van der Waals surface area contributed by atoms with E-state index in [1.165, 1.54) is 43.5 Å². The van der Waals surface area contributed by atoms with Crippen LogP contribution < -0.4 is 4.74 Å². The number of benzene rings is 2. The maximum absolute atomic E-state index is 13.8. The Hall–Kier alpha value is -1.58. The van der Waals surface area contributed by atoms with E-state index < -0.39 is 11.6 Å². The van der Waals surface area contributed by atoms with E-state index in [0.717, 1.165) is 0 Å². The van der Waals surface area contributed by atoms with Crippen LogP contribution in [0.2, 0.25) is 10.0 Å². The van der Waals surface area contributed by atoms with Crippen LogP contribution in [-0.4, -0.2) is 12.9 Å². The first-order valence-electron chi connectivity index (χ1n) is 5.37. The van der Waals surface area contributed by atoms with Gasteiger partial charge >= 0.3 is 0 Å². The second-order valence-electron chi connectivity index (χ2n) is 3.78. The molecule has 2 rings (SSSR count). The Kier molecular flexibility index (Phi) is 4.08. The van der Waals surface area contributed by atoms with Gasteiger partial charge in [0.1, 0.15) is 17.1 Å². The lowest BCUT2D eigenvalue weighted by atomic mass is 10.0. The van der Waals surface area contributed by atoms with Gasteiger partial charge in [0.15, 0.2) is 5.78 Å². The second-order valence-corrected chi connectivity index (χ2v) is 4.59. The standard InChI is InChI=1S/C14H9Cl2FO2/c1-19-12-4-2-3-11(17)13(12)14(18)8-5-6-9(15)10(16)7-8/h2-7H,1H3. The van der Waals surface area contributed by atoms with Gasteiger partial charge in [-0.05, 0) is 30.3 Å². The fourth-order valence-electron chi connectivity index (χ4n) is 1.68. The minimum Gasteiger partial charge on any atom is -0.496 e. The number of carbonyl (C=O) groups is 1. The highest BCUT2D eigenvalue weighted by Crippen LogP contribution is 2.28. The lowest BCUT2D eigenvalue weighted by Gasteiger charge is -2.09. The molecule has 0 atom stereocenters. The highest BCUT2D eigenvalue weighted by atomic mass is 35.5. The zero-order valence-corrected chi connectivity index (χ0v) is 11.4. The molecule has 0 unspecified atom stereocenters. The highest BCUT2D eigenvalue weighted by Gasteiger charge is 2.19. The third-order valence-corrected chi connectivity index (χ3v) is 3.34. The summed E-state index contributed by atoms with van der Waals surface area (Å²) in [5, 5.41) is 0.571. The lowest BCUT2D eigenvalue weighted by molar-refractivity contribution is 0.103. The first-order valence-corrected chi connectivity index (χ1v) is 6.12. The fourth-order valence-corrected chi connectivity index (χ4v) is 1.97. The number of methoxy groups -OCH3 is 1. The molecular weight excluding hydrogens is 290 g/mol. The summed E-state index contributed by atoms with van der Waals surface area (Å²) in [7, 11) is 1.38. The van der Waals surface area contributed by atoms with Crippen molar-refractivity contribution >= 4 is 29.0 Å². The Morgan fingerprint density at radius 1 is 1.16 bits per heavy atom. The third kappa shape index (κ3) is 2.72. The van der Waals surface area contributed by atoms with Crippen LogP contribution in [0, 0.1) is 5.82 Å². The van der Waals surface area contributed by atoms with E-state index in [1.807, 2.05) is 0 Å². The first kappa shape index (κ1) is 13.8. The van der Waals surface area contributed by atoms with Gasteiger partial charge in [-0.1, -0.05) is 29.3 Å². The van der Waals surface area contributed by atoms with Crippen molar-refractivity contribution in [2.75, 3.05) is 7.11 Å². The van der Waals surface area contributed by atoms with Crippen LogP contribution in [0.4, 0.5) is 4.39 Å². The number of ketones is 1. The molecule has 0 fully saturated rings. The van der Waals surface area contributed by atoms with Gasteiger partial charge in [-0.25, -0.2) is 4.39 Å². The van der Waals surface area contributed by atoms with Gasteiger partial charge in [-0.2, -0.15) is 0 Å². The average molecular weight is 299 g/mol. The second kappa shape index (κ2) is 5.59. The van der Waals surface area contributed by atoms with Crippen LogP contribution in [0.3, 0.4) is 0 Å². The maximum atomic E-state index is 13.8. The van der Waals surface area contributed by atoms with Crippen molar-refractivity contribution in [3.63, 3.8) is 0 Å². The molecule has 19 heavy (non-hydrogen) atoms. The van der Waals surface area contributed by atoms with Crippen LogP contribution in [0.5, 0.6) is 5.75 Å². The molecule has 0 radical (unpaired) electrons. The number of carbonyl (C=O) groups excluding carboxylic acids is 1. The van der Waals surface area contributed by atoms with Crippen molar-refractivity contribution in [2.45, 2.75) is 0 Å². The largest absolute Gasteiger partial charge is 0.496 e. The van der Waals surface area contributed by atoms with E-state index in [1.54, 1.807) is 0 Å². The number of ether oxygens (including phenoxy) is 1. The summed E-state index contributed by atoms with van der Waals surface area (Å²) in [4.78, 5) is 12.3. The predicted molar refractivity (Wildman–Crippen MR) is 72.8 cm³/mol. The number of halogens is 3. The lowest BCUT2D eigenvalue weighted by Crippen LogP contribution is -2.07. The maximum Gasteiger partial charge on any atom is 0.199 e. The van der Waals surface area contributed by atoms with Crippen LogP contribution in [-0.2, 0) is 0 Å². The van der Waals surface area contributed by atoms with Gasteiger partial charge in [0, 0.05) is 5.56 Å². The van der Waals surface area contributed by atoms with E-state index in [2.05, 4.69) is 0 Å². The molecule has 2 aromatic carbocycles. The summed E-state index contributed by atoms with van der Waals surface area (Å²) in [6.07, 6.45) is 0. The molecule has 0 N–H and O–H groups in total. The molecule has 0 aliphatic carbocycles. The Labute approximate surface area is 119 Å². The zero-order valence-electron chi connectivity index (χ0n) is 9.91. The van der Waals surface area contributed by atoms with E-state index >= 15 is 0 Å². The summed E-state index contributed by atoms with van der Waals surface area (Å²) in [6, 6.07) is 8.58. The molecule has 5 heteroatoms. The van der Waals surface area contributed by atoms with Gasteiger partial charge in [0.25, 0.3) is 0 Å². The summed E-state index contributed by atoms with van der Waals surface area (Å²) < 4.78 is 18.8. The molecule has 0 aromatic heterocycles. The van der Waals surface area contributed by atoms with Gasteiger partial charge in [0.05, 0.1) is 17.2 Å². The van der Waals surface area contributed by atoms with Gasteiger partial charge in [-0.3, -0.25) is 4.79 Å². The molecule has 0 saturated carbocycles. The van der Waals surface area contributed by atoms with E-state index in [0.29, 0.717) is 5.02 Å². The third-order valence-electron chi connectivity index (χ3n) is 2.60. The summed E-state index contributed by atoms with van der Waals surface area (Å²) in [6.45, 7) is 0. The van der Waals surface area contributed by atoms with Gasteiger partial charge in [-0.15, -0.1) is 0 Å². The highest BCUT2D eigenvalue weighted by molar-refractivity contribution is 6.42. The Balaban J connectivity index is 2.52. The predicted octanol–water partition coefficient (Wildman–Crippen LogP) is 4.37. The van der Waals surface area contributed by atoms with Crippen molar-refractivity contribution in [2.24, 2.45) is 0 Å². The minimum atomic E-state index is -0.643. The van der Waals surface area contributed by atoms with Crippen molar-refractivity contribution in [3.8, 4) is 5.75 Å². The molecular formula is C14H9Cl2FO2. The van der Waals surface area contributed by atoms with Crippen LogP contribution >= 0.6 is 23.2 Å². The quantitative estimate of drug-likeness (QED) is 0.787. The van der Waals surface area contributed by atoms with Crippen LogP contribution in [0.1, 0.15) is 15.9 Å². The molecule has 0 bridgehead atoms. The van der Waals surface area contributed by atoms with Gasteiger partial charge < -0.3 is 4.74 Å². The minimum absolute atomic E-state index is 0.122. The smallest absolute Gasteiger partial charge is 0.199 e. The Bertz CT molecular complexity index is 641. The van der Waals surface area contributed by atoms with Crippen LogP contribution in [0.25, 0.3) is 0 Å². The number of rotatable bonds is 3. The molecule has 0 heterocycles. The molecule has 0 aliphatic heterocycles. The topological polar surface area (TPSA) is 26.3 Å². The van der Waals surface area contributed by atoms with E-state index in [-0.39, 0.29) is 21.9 Å². The summed E-state index contributed by atoms with van der Waals surface area (Å²) in [5.41, 5.74) is 0.126. The number of hydrogen-bond acceptors (Lipinski definition) is 2. The molecule has 0 saturated heterocycles. The Morgan fingerprint density at radius 3 is 2.53 bits per heavy atom. The summed E-state index contributed by atoms with van der Waals surface area (Å²) >= 11 is 11.6. The zero-order chi connectivity index (χ0) is 14.0. The first-order chi connectivity index (χ1) is 9.04. The van der Waals surface area contributed by atoms with Crippen molar-refractivity contribution in [1.29, 1.82) is 0 Å². The van der Waals surface area contributed by atoms with E-state index in [4.69, 9.17) is 27.9 Å². The number of hydrogen-bond donors (Lipinski definition) is 0.